The zero-order valence-corrected chi connectivity index (χ0v) is 22.2. The molecule has 190 valence electrons. The van der Waals surface area contributed by atoms with Crippen molar-refractivity contribution in [3.63, 3.8) is 0 Å². The number of benzene rings is 5. The van der Waals surface area contributed by atoms with E-state index >= 15 is 0 Å². The normalized spacial score (nSPS) is 13.6. The monoisotopic (exact) mass is 508 g/mol. The van der Waals surface area contributed by atoms with Crippen LogP contribution in [-0.4, -0.2) is 17.9 Å². The van der Waals surface area contributed by atoms with E-state index in [1.165, 1.54) is 11.1 Å². The number of para-hydroxylation sites is 2. The van der Waals surface area contributed by atoms with Crippen LogP contribution in [0.3, 0.4) is 0 Å². The first kappa shape index (κ1) is 23.3. The molecule has 2 aliphatic heterocycles. The summed E-state index contributed by atoms with van der Waals surface area (Å²) in [4.78, 5) is 16.8. The number of carbonyl (C=O) groups is 1. The van der Waals surface area contributed by atoms with Crippen LogP contribution >= 0.6 is 0 Å². The first-order valence-electron chi connectivity index (χ1n) is 13.2. The molecule has 0 radical (unpaired) electrons. The maximum Gasteiger partial charge on any atom is 0.254 e. The number of hydrogen-bond donors (Lipinski definition) is 0. The second kappa shape index (κ2) is 8.88. The Labute approximate surface area is 228 Å². The van der Waals surface area contributed by atoms with Gasteiger partial charge in [-0.3, -0.25) is 4.79 Å². The Morgan fingerprint density at radius 3 is 1.77 bits per heavy atom. The number of ether oxygens (including phenoxy) is 1. The smallest absolute Gasteiger partial charge is 0.254 e. The second-order valence-corrected chi connectivity index (χ2v) is 10.5. The summed E-state index contributed by atoms with van der Waals surface area (Å²) in [6, 6.07) is 35.9. The van der Waals surface area contributed by atoms with Crippen molar-refractivity contribution in [3.8, 4) is 33.8 Å². The van der Waals surface area contributed by atoms with Crippen molar-refractivity contribution in [1.29, 1.82) is 0 Å². The maximum atomic E-state index is 12.7. The molecule has 0 spiro atoms. The van der Waals surface area contributed by atoms with Crippen molar-refractivity contribution < 1.29 is 9.53 Å². The van der Waals surface area contributed by atoms with Crippen LogP contribution in [0.15, 0.2) is 103 Å². The highest BCUT2D eigenvalue weighted by molar-refractivity contribution is 6.00. The fourth-order valence-electron chi connectivity index (χ4n) is 5.80. The standard InChI is InChI=1S/C35H28N2O2/c1-22-12-16-31-29(18-22)27-8-4-6-10-33(27)39-34-11-7-5-9-28(34)30-19-23(2)13-17-32(30)37(31)25-14-15-26-24(20-25)21-36(3)35(26)38/h4-20H,21H2,1-3H3. The summed E-state index contributed by atoms with van der Waals surface area (Å²) in [6.45, 7) is 4.85. The Morgan fingerprint density at radius 1 is 0.615 bits per heavy atom. The zero-order chi connectivity index (χ0) is 26.7. The van der Waals surface area contributed by atoms with Gasteiger partial charge in [0.2, 0.25) is 0 Å². The van der Waals surface area contributed by atoms with Crippen molar-refractivity contribution in [2.75, 3.05) is 11.9 Å². The van der Waals surface area contributed by atoms with Gasteiger partial charge in [-0.25, -0.2) is 0 Å². The first-order valence-corrected chi connectivity index (χ1v) is 13.2. The highest BCUT2D eigenvalue weighted by Gasteiger charge is 2.28. The molecule has 5 aromatic rings. The average molecular weight is 509 g/mol. The van der Waals surface area contributed by atoms with E-state index < -0.39 is 0 Å². The summed E-state index contributed by atoms with van der Waals surface area (Å²) >= 11 is 0. The zero-order valence-electron chi connectivity index (χ0n) is 22.2. The molecule has 39 heavy (non-hydrogen) atoms. The van der Waals surface area contributed by atoms with Crippen molar-refractivity contribution in [2.24, 2.45) is 0 Å². The van der Waals surface area contributed by atoms with Crippen molar-refractivity contribution in [3.05, 3.63) is 125 Å². The molecular formula is C35H28N2O2. The van der Waals surface area contributed by atoms with Gasteiger partial charge in [0, 0.05) is 47.1 Å². The minimum Gasteiger partial charge on any atom is -0.456 e. The first-order chi connectivity index (χ1) is 19.0. The van der Waals surface area contributed by atoms with Gasteiger partial charge in [-0.15, -0.1) is 0 Å². The molecule has 7 rings (SSSR count). The molecule has 0 atom stereocenters. The average Bonchev–Trinajstić information content (AvgIpc) is 3.23. The number of anilines is 3. The van der Waals surface area contributed by atoms with E-state index in [1.807, 2.05) is 37.4 Å². The predicted molar refractivity (Wildman–Crippen MR) is 157 cm³/mol. The quantitative estimate of drug-likeness (QED) is 0.222. The molecule has 4 heteroatoms. The molecule has 0 aromatic heterocycles. The van der Waals surface area contributed by atoms with Crippen molar-refractivity contribution >= 4 is 23.0 Å². The topological polar surface area (TPSA) is 32.8 Å². The van der Waals surface area contributed by atoms with Gasteiger partial charge in [0.1, 0.15) is 11.5 Å². The van der Waals surface area contributed by atoms with E-state index in [2.05, 4.69) is 91.5 Å². The minimum atomic E-state index is 0.0737. The third-order valence-electron chi connectivity index (χ3n) is 7.69. The maximum absolute atomic E-state index is 12.7. The van der Waals surface area contributed by atoms with Crippen LogP contribution < -0.4 is 9.64 Å². The van der Waals surface area contributed by atoms with Gasteiger partial charge in [0.05, 0.1) is 11.4 Å². The summed E-state index contributed by atoms with van der Waals surface area (Å²) in [7, 11) is 1.86. The SMILES string of the molecule is Cc1ccc2c(c1)-c1ccccc1Oc1ccccc1-c1cc(C)ccc1N2c1ccc2c(c1)CN(C)C2=O. The van der Waals surface area contributed by atoms with E-state index in [9.17, 15) is 4.79 Å². The van der Waals surface area contributed by atoms with Gasteiger partial charge in [0.15, 0.2) is 0 Å². The highest BCUT2D eigenvalue weighted by Crippen LogP contribution is 2.50. The van der Waals surface area contributed by atoms with E-state index in [1.54, 1.807) is 4.90 Å². The molecule has 0 bridgehead atoms. The summed E-state index contributed by atoms with van der Waals surface area (Å²) in [5, 5.41) is 0. The molecule has 1 amide bonds. The number of hydrogen-bond acceptors (Lipinski definition) is 3. The molecule has 0 saturated carbocycles. The fourth-order valence-corrected chi connectivity index (χ4v) is 5.80. The summed E-state index contributed by atoms with van der Waals surface area (Å²) in [5.74, 6) is 1.70. The third kappa shape index (κ3) is 3.79. The number of aryl methyl sites for hydroxylation is 2. The minimum absolute atomic E-state index is 0.0737. The van der Waals surface area contributed by atoms with E-state index in [4.69, 9.17) is 4.74 Å². The summed E-state index contributed by atoms with van der Waals surface area (Å²) in [5.41, 5.74) is 11.5. The van der Waals surface area contributed by atoms with Gasteiger partial charge in [0.25, 0.3) is 5.91 Å². The van der Waals surface area contributed by atoms with Crippen LogP contribution in [0.2, 0.25) is 0 Å². The van der Waals surface area contributed by atoms with Gasteiger partial charge in [-0.1, -0.05) is 59.7 Å². The lowest BCUT2D eigenvalue weighted by atomic mass is 9.94. The molecule has 5 aromatic carbocycles. The van der Waals surface area contributed by atoms with Crippen molar-refractivity contribution in [1.82, 2.24) is 4.90 Å². The Kier molecular flexibility index (Phi) is 5.31. The lowest BCUT2D eigenvalue weighted by molar-refractivity contribution is 0.0816. The van der Waals surface area contributed by atoms with Crippen LogP contribution in [0.5, 0.6) is 11.5 Å². The van der Waals surface area contributed by atoms with Crippen LogP contribution in [0.25, 0.3) is 22.3 Å². The number of fused-ring (bicyclic) bond motifs is 7. The molecule has 0 fully saturated rings. The van der Waals surface area contributed by atoms with Gasteiger partial charge < -0.3 is 14.5 Å². The Morgan fingerprint density at radius 2 is 1.18 bits per heavy atom. The highest BCUT2D eigenvalue weighted by atomic mass is 16.5. The Bertz CT molecular complexity index is 1690. The summed E-state index contributed by atoms with van der Waals surface area (Å²) < 4.78 is 6.67. The Hall–Kier alpha value is -4.83. The molecule has 0 unspecified atom stereocenters. The largest absolute Gasteiger partial charge is 0.456 e. The molecule has 0 aliphatic carbocycles. The fraction of sp³-hybridized carbons (Fsp3) is 0.114. The van der Waals surface area contributed by atoms with Crippen LogP contribution in [0.4, 0.5) is 17.1 Å². The molecule has 0 N–H and O–H groups in total. The van der Waals surface area contributed by atoms with Gasteiger partial charge >= 0.3 is 0 Å². The van der Waals surface area contributed by atoms with E-state index in [0.717, 1.165) is 61.9 Å². The van der Waals surface area contributed by atoms with Crippen molar-refractivity contribution in [2.45, 2.75) is 20.4 Å². The lowest BCUT2D eigenvalue weighted by Gasteiger charge is -2.32. The van der Waals surface area contributed by atoms with Gasteiger partial charge in [-0.2, -0.15) is 0 Å². The molecular weight excluding hydrogens is 480 g/mol. The second-order valence-electron chi connectivity index (χ2n) is 10.5. The van der Waals surface area contributed by atoms with Crippen LogP contribution in [0.1, 0.15) is 27.0 Å². The Balaban J connectivity index is 1.59. The van der Waals surface area contributed by atoms with E-state index in [-0.39, 0.29) is 5.91 Å². The molecule has 2 aliphatic rings. The molecule has 4 nitrogen and oxygen atoms in total. The molecule has 0 saturated heterocycles. The summed E-state index contributed by atoms with van der Waals surface area (Å²) in [6.07, 6.45) is 0. The van der Waals surface area contributed by atoms with E-state index in [0.29, 0.717) is 6.54 Å². The predicted octanol–water partition coefficient (Wildman–Crippen LogP) is 8.80. The number of nitrogens with zero attached hydrogens (tertiary/aromatic N) is 2. The number of rotatable bonds is 1. The van der Waals surface area contributed by atoms with Crippen LogP contribution in [-0.2, 0) is 6.54 Å². The van der Waals surface area contributed by atoms with Crippen LogP contribution in [0, 0.1) is 13.8 Å². The molecule has 2 heterocycles. The number of amides is 1. The third-order valence-corrected chi connectivity index (χ3v) is 7.69. The van der Waals surface area contributed by atoms with Gasteiger partial charge in [-0.05, 0) is 74.0 Å². The number of carbonyl (C=O) groups excluding carboxylic acids is 1. The lowest BCUT2D eigenvalue weighted by Crippen LogP contribution is -2.17.